The van der Waals surface area contributed by atoms with Crippen LogP contribution in [0, 0.1) is 23.7 Å². The number of likely N-dealkylation sites (tertiary alicyclic amines) is 1. The molecule has 7 atom stereocenters. The molecule has 3 heterocycles. The zero-order chi connectivity index (χ0) is 27.3. The Morgan fingerprint density at radius 3 is 2.56 bits per heavy atom. The van der Waals surface area contributed by atoms with Crippen LogP contribution in [0.5, 0.6) is 5.75 Å². The van der Waals surface area contributed by atoms with E-state index in [-0.39, 0.29) is 29.8 Å². The van der Waals surface area contributed by atoms with Gasteiger partial charge in [-0.05, 0) is 62.5 Å². The molecule has 1 aromatic carbocycles. The maximum absolute atomic E-state index is 14.3. The SMILES string of the molecule is COc1cccc(NC(=O)[C@H]2[C@H]3C=C[C@@]4(O3)[C@H]2C(=O)N(C2CCC(C)CC2)[C@@H]4C(=O)N[C@H]2CCCC[C@H]2C)c1. The van der Waals surface area contributed by atoms with Crippen LogP contribution in [-0.2, 0) is 19.1 Å². The summed E-state index contributed by atoms with van der Waals surface area (Å²) in [5.74, 6) is -0.308. The van der Waals surface area contributed by atoms with Crippen LogP contribution in [0.1, 0.15) is 65.2 Å². The minimum absolute atomic E-state index is 0.0219. The van der Waals surface area contributed by atoms with Crippen molar-refractivity contribution in [2.75, 3.05) is 12.4 Å². The molecule has 3 aliphatic heterocycles. The number of rotatable bonds is 6. The standard InChI is InChI=1S/C31H41N3O5/c1-18-11-13-21(14-12-18)34-27(29(36)33-23-10-5-4-7-19(23)2)31-16-15-24(39-31)25(26(31)30(34)37)28(35)32-20-8-6-9-22(17-20)38-3/h6,8-9,15-19,21,23-27H,4-5,7,10-14H2,1-3H3,(H,32,35)(H,33,36)/t18?,19-,21?,23+,24-,25+,26-,27-,31-/m1/s1. The molecule has 210 valence electrons. The van der Waals surface area contributed by atoms with E-state index >= 15 is 0 Å². The fraction of sp³-hybridized carbons (Fsp3) is 0.645. The second-order valence-electron chi connectivity index (χ2n) is 12.5. The summed E-state index contributed by atoms with van der Waals surface area (Å²) in [5, 5.41) is 6.32. The molecule has 2 N–H and O–H groups in total. The monoisotopic (exact) mass is 535 g/mol. The van der Waals surface area contributed by atoms with Crippen molar-refractivity contribution in [1.29, 1.82) is 0 Å². The van der Waals surface area contributed by atoms with Gasteiger partial charge in [0, 0.05) is 23.8 Å². The van der Waals surface area contributed by atoms with E-state index < -0.39 is 29.6 Å². The van der Waals surface area contributed by atoms with Crippen molar-refractivity contribution in [3.8, 4) is 5.75 Å². The first-order valence-electron chi connectivity index (χ1n) is 14.8. The van der Waals surface area contributed by atoms with Crippen LogP contribution in [0.2, 0.25) is 0 Å². The molecular formula is C31H41N3O5. The van der Waals surface area contributed by atoms with E-state index in [4.69, 9.17) is 9.47 Å². The molecule has 0 unspecified atom stereocenters. The van der Waals surface area contributed by atoms with Crippen molar-refractivity contribution < 1.29 is 23.9 Å². The third-order valence-corrected chi connectivity index (χ3v) is 10.0. The van der Waals surface area contributed by atoms with Crippen LogP contribution in [0.4, 0.5) is 5.69 Å². The molecule has 3 amide bonds. The molecule has 1 spiro atoms. The Morgan fingerprint density at radius 2 is 1.82 bits per heavy atom. The van der Waals surface area contributed by atoms with Gasteiger partial charge < -0.3 is 25.0 Å². The van der Waals surface area contributed by atoms with Gasteiger partial charge in [-0.25, -0.2) is 0 Å². The van der Waals surface area contributed by atoms with Crippen molar-refractivity contribution in [2.24, 2.45) is 23.7 Å². The van der Waals surface area contributed by atoms with Gasteiger partial charge in [0.25, 0.3) is 0 Å². The van der Waals surface area contributed by atoms with Crippen LogP contribution in [0.3, 0.4) is 0 Å². The van der Waals surface area contributed by atoms with Gasteiger partial charge in [0.05, 0.1) is 25.0 Å². The fourth-order valence-corrected chi connectivity index (χ4v) is 7.84. The zero-order valence-electron chi connectivity index (χ0n) is 23.2. The lowest BCUT2D eigenvalue weighted by Gasteiger charge is -2.40. The number of amides is 3. The maximum Gasteiger partial charge on any atom is 0.246 e. The predicted molar refractivity (Wildman–Crippen MR) is 147 cm³/mol. The number of carbonyl (C=O) groups excluding carboxylic acids is 3. The van der Waals surface area contributed by atoms with Crippen molar-refractivity contribution in [3.05, 3.63) is 36.4 Å². The largest absolute Gasteiger partial charge is 0.497 e. The van der Waals surface area contributed by atoms with E-state index in [9.17, 15) is 14.4 Å². The molecule has 39 heavy (non-hydrogen) atoms. The number of hydrogen-bond acceptors (Lipinski definition) is 5. The van der Waals surface area contributed by atoms with Gasteiger partial charge in [-0.2, -0.15) is 0 Å². The summed E-state index contributed by atoms with van der Waals surface area (Å²) in [6.45, 7) is 4.44. The number of methoxy groups -OCH3 is 1. The quantitative estimate of drug-likeness (QED) is 0.536. The Kier molecular flexibility index (Phi) is 6.94. The highest BCUT2D eigenvalue weighted by atomic mass is 16.5. The van der Waals surface area contributed by atoms with Gasteiger partial charge >= 0.3 is 0 Å². The van der Waals surface area contributed by atoms with Crippen molar-refractivity contribution in [3.63, 3.8) is 0 Å². The number of carbonyl (C=O) groups is 3. The van der Waals surface area contributed by atoms with E-state index in [0.717, 1.165) is 44.9 Å². The van der Waals surface area contributed by atoms with Crippen molar-refractivity contribution in [2.45, 2.75) is 95.0 Å². The molecular weight excluding hydrogens is 494 g/mol. The lowest BCUT2D eigenvalue weighted by molar-refractivity contribution is -0.145. The molecule has 5 aliphatic rings. The second-order valence-corrected chi connectivity index (χ2v) is 12.5. The van der Waals surface area contributed by atoms with Crippen LogP contribution in [0.25, 0.3) is 0 Å². The topological polar surface area (TPSA) is 97.0 Å². The molecule has 8 nitrogen and oxygen atoms in total. The summed E-state index contributed by atoms with van der Waals surface area (Å²) in [6, 6.07) is 6.49. The number of hydrogen-bond donors (Lipinski definition) is 2. The molecule has 0 aromatic heterocycles. The Hall–Kier alpha value is -2.87. The molecule has 6 rings (SSSR count). The first kappa shape index (κ1) is 26.4. The minimum Gasteiger partial charge on any atom is -0.497 e. The number of nitrogens with one attached hydrogen (secondary N) is 2. The smallest absolute Gasteiger partial charge is 0.246 e. The number of anilines is 1. The third-order valence-electron chi connectivity index (χ3n) is 10.0. The van der Waals surface area contributed by atoms with Gasteiger partial charge in [0.2, 0.25) is 17.7 Å². The zero-order valence-corrected chi connectivity index (χ0v) is 23.2. The normalized spacial score (nSPS) is 38.9. The summed E-state index contributed by atoms with van der Waals surface area (Å²) < 4.78 is 11.8. The van der Waals surface area contributed by atoms with Gasteiger partial charge in [-0.1, -0.05) is 44.9 Å². The second kappa shape index (κ2) is 10.3. The molecule has 2 aliphatic carbocycles. The van der Waals surface area contributed by atoms with Gasteiger partial charge in [-0.3, -0.25) is 14.4 Å². The van der Waals surface area contributed by atoms with E-state index in [1.165, 1.54) is 6.42 Å². The van der Waals surface area contributed by atoms with Gasteiger partial charge in [0.15, 0.2) is 0 Å². The molecule has 2 saturated carbocycles. The molecule has 2 bridgehead atoms. The molecule has 2 saturated heterocycles. The Labute approximate surface area is 230 Å². The summed E-state index contributed by atoms with van der Waals surface area (Å²) in [4.78, 5) is 44.0. The van der Waals surface area contributed by atoms with Crippen LogP contribution in [0.15, 0.2) is 36.4 Å². The van der Waals surface area contributed by atoms with E-state index in [0.29, 0.717) is 23.3 Å². The van der Waals surface area contributed by atoms with Crippen LogP contribution < -0.4 is 15.4 Å². The Bertz CT molecular complexity index is 1160. The summed E-state index contributed by atoms with van der Waals surface area (Å²) in [6.07, 6.45) is 11.4. The van der Waals surface area contributed by atoms with E-state index in [1.807, 2.05) is 29.2 Å². The summed E-state index contributed by atoms with van der Waals surface area (Å²) >= 11 is 0. The van der Waals surface area contributed by atoms with Crippen molar-refractivity contribution in [1.82, 2.24) is 10.2 Å². The minimum atomic E-state index is -1.12. The van der Waals surface area contributed by atoms with Gasteiger partial charge in [0.1, 0.15) is 17.4 Å². The van der Waals surface area contributed by atoms with Crippen LogP contribution >= 0.6 is 0 Å². The fourth-order valence-electron chi connectivity index (χ4n) is 7.84. The Balaban J connectivity index is 1.31. The summed E-state index contributed by atoms with van der Waals surface area (Å²) in [5.41, 5.74) is -0.521. The Morgan fingerprint density at radius 1 is 1.05 bits per heavy atom. The van der Waals surface area contributed by atoms with E-state index in [2.05, 4.69) is 24.5 Å². The number of ether oxygens (including phenoxy) is 2. The van der Waals surface area contributed by atoms with Crippen molar-refractivity contribution >= 4 is 23.4 Å². The van der Waals surface area contributed by atoms with E-state index in [1.54, 1.807) is 19.2 Å². The highest BCUT2D eigenvalue weighted by Gasteiger charge is 2.73. The van der Waals surface area contributed by atoms with Crippen LogP contribution in [-0.4, -0.2) is 59.6 Å². The first-order valence-corrected chi connectivity index (χ1v) is 14.8. The third kappa shape index (κ3) is 4.45. The average Bonchev–Trinajstić information content (AvgIpc) is 3.58. The predicted octanol–water partition coefficient (Wildman–Crippen LogP) is 4.06. The maximum atomic E-state index is 14.3. The molecule has 1 aromatic rings. The summed E-state index contributed by atoms with van der Waals surface area (Å²) in [7, 11) is 1.58. The lowest BCUT2D eigenvalue weighted by atomic mass is 9.74. The molecule has 0 radical (unpaired) electrons. The first-order chi connectivity index (χ1) is 18.8. The highest BCUT2D eigenvalue weighted by molar-refractivity contribution is 6.03. The highest BCUT2D eigenvalue weighted by Crippen LogP contribution is 2.56. The lowest BCUT2D eigenvalue weighted by Crippen LogP contribution is -2.59. The molecule has 4 fully saturated rings. The number of fused-ring (bicyclic) bond motifs is 1. The number of benzene rings is 1. The molecule has 8 heteroatoms. The number of nitrogens with zero attached hydrogens (tertiary/aromatic N) is 1. The van der Waals surface area contributed by atoms with Gasteiger partial charge in [-0.15, -0.1) is 0 Å². The average molecular weight is 536 g/mol.